The summed E-state index contributed by atoms with van der Waals surface area (Å²) in [5.41, 5.74) is 1.16. The zero-order valence-electron chi connectivity index (χ0n) is 19.2. The van der Waals surface area contributed by atoms with Crippen molar-refractivity contribution in [2.75, 3.05) is 11.9 Å². The molecule has 1 atom stereocenters. The Morgan fingerprint density at radius 1 is 0.939 bits per heavy atom. The third kappa shape index (κ3) is 8.02. The fraction of sp³-hybridized carbons (Fsp3) is 0.360. The average Bonchev–Trinajstić information content (AvgIpc) is 2.75. The van der Waals surface area contributed by atoms with E-state index in [1.165, 1.54) is 0 Å². The van der Waals surface area contributed by atoms with E-state index in [1.54, 1.807) is 62.4 Å². The zero-order chi connectivity index (χ0) is 24.5. The lowest BCUT2D eigenvalue weighted by atomic mass is 10.0. The first-order chi connectivity index (χ1) is 15.6. The molecule has 0 bridgehead atoms. The van der Waals surface area contributed by atoms with Gasteiger partial charge in [0.15, 0.2) is 12.4 Å². The Morgan fingerprint density at radius 3 is 2.15 bits per heavy atom. The molecule has 0 aliphatic rings. The first kappa shape index (κ1) is 26.1. The smallest absolute Gasteiger partial charge is 0.329 e. The minimum absolute atomic E-state index is 0.100. The highest BCUT2D eigenvalue weighted by atomic mass is 35.5. The third-order valence-corrected chi connectivity index (χ3v) is 5.09. The van der Waals surface area contributed by atoms with Gasteiger partial charge in [-0.25, -0.2) is 4.79 Å². The zero-order valence-corrected chi connectivity index (χ0v) is 19.9. The van der Waals surface area contributed by atoms with Crippen LogP contribution in [0.15, 0.2) is 48.5 Å². The van der Waals surface area contributed by atoms with Crippen LogP contribution < -0.4 is 10.6 Å². The van der Waals surface area contributed by atoms with Gasteiger partial charge in [-0.05, 0) is 48.2 Å². The molecule has 0 aliphatic heterocycles. The van der Waals surface area contributed by atoms with Crippen molar-refractivity contribution in [3.63, 3.8) is 0 Å². The van der Waals surface area contributed by atoms with Crippen LogP contribution in [0.2, 0.25) is 5.02 Å². The van der Waals surface area contributed by atoms with Crippen LogP contribution in [-0.4, -0.2) is 36.2 Å². The molecule has 2 N–H and O–H groups in total. The summed E-state index contributed by atoms with van der Waals surface area (Å²) in [7, 11) is 0. The molecule has 33 heavy (non-hydrogen) atoms. The summed E-state index contributed by atoms with van der Waals surface area (Å²) < 4.78 is 5.18. The van der Waals surface area contributed by atoms with Gasteiger partial charge in [0.05, 0.1) is 10.6 Å². The number of halogens is 1. The van der Waals surface area contributed by atoms with Gasteiger partial charge in [0.25, 0.3) is 5.91 Å². The van der Waals surface area contributed by atoms with E-state index in [2.05, 4.69) is 10.6 Å². The standard InChI is InChI=1S/C25H29ClN2O5/c1-15(2)13-22(30)27-18-11-9-17(10-12-18)21(29)14-33-25(32)23(16(3)4)28-24(31)19-7-5-6-8-20(19)26/h5-12,15-16,23H,13-14H2,1-4H3,(H,27,30)(H,28,31)/t23-/m0/s1. The van der Waals surface area contributed by atoms with Crippen molar-refractivity contribution in [1.29, 1.82) is 0 Å². The second kappa shape index (κ2) is 12.2. The van der Waals surface area contributed by atoms with Gasteiger partial charge in [-0.2, -0.15) is 0 Å². The van der Waals surface area contributed by atoms with E-state index in [-0.39, 0.29) is 28.3 Å². The van der Waals surface area contributed by atoms with Gasteiger partial charge in [0.1, 0.15) is 6.04 Å². The number of nitrogens with one attached hydrogen (secondary N) is 2. The summed E-state index contributed by atoms with van der Waals surface area (Å²) >= 11 is 6.05. The molecule has 0 saturated heterocycles. The van der Waals surface area contributed by atoms with Crippen LogP contribution in [0.3, 0.4) is 0 Å². The van der Waals surface area contributed by atoms with Crippen molar-refractivity contribution < 1.29 is 23.9 Å². The topological polar surface area (TPSA) is 102 Å². The molecular weight excluding hydrogens is 444 g/mol. The molecule has 0 aliphatic carbocycles. The SMILES string of the molecule is CC(C)CC(=O)Nc1ccc(C(=O)COC(=O)[C@@H](NC(=O)c2ccccc2Cl)C(C)C)cc1. The van der Waals surface area contributed by atoms with Crippen molar-refractivity contribution in [3.8, 4) is 0 Å². The van der Waals surface area contributed by atoms with Crippen LogP contribution in [0.5, 0.6) is 0 Å². The molecule has 176 valence electrons. The van der Waals surface area contributed by atoms with Crippen molar-refractivity contribution >= 4 is 40.9 Å². The highest BCUT2D eigenvalue weighted by molar-refractivity contribution is 6.33. The van der Waals surface area contributed by atoms with E-state index in [4.69, 9.17) is 16.3 Å². The lowest BCUT2D eigenvalue weighted by molar-refractivity contribution is -0.146. The number of Topliss-reactive ketones (excluding diaryl/α,β-unsaturated/α-hetero) is 1. The van der Waals surface area contributed by atoms with Crippen LogP contribution in [0, 0.1) is 11.8 Å². The summed E-state index contributed by atoms with van der Waals surface area (Å²) in [6, 6.07) is 11.9. The van der Waals surface area contributed by atoms with Crippen LogP contribution >= 0.6 is 11.6 Å². The van der Waals surface area contributed by atoms with E-state index >= 15 is 0 Å². The molecule has 7 nitrogen and oxygen atoms in total. The predicted molar refractivity (Wildman–Crippen MR) is 127 cm³/mol. The Balaban J connectivity index is 1.94. The number of anilines is 1. The lowest BCUT2D eigenvalue weighted by Crippen LogP contribution is -2.45. The second-order valence-electron chi connectivity index (χ2n) is 8.43. The Bertz CT molecular complexity index is 1000. The highest BCUT2D eigenvalue weighted by Gasteiger charge is 2.27. The average molecular weight is 473 g/mol. The molecule has 2 rings (SSSR count). The minimum atomic E-state index is -0.944. The second-order valence-corrected chi connectivity index (χ2v) is 8.84. The number of hydrogen-bond donors (Lipinski definition) is 2. The molecule has 2 aromatic rings. The van der Waals surface area contributed by atoms with E-state index in [0.29, 0.717) is 17.7 Å². The summed E-state index contributed by atoms with van der Waals surface area (Å²) in [4.78, 5) is 49.4. The van der Waals surface area contributed by atoms with E-state index in [9.17, 15) is 19.2 Å². The van der Waals surface area contributed by atoms with Crippen molar-refractivity contribution in [3.05, 3.63) is 64.7 Å². The normalized spacial score (nSPS) is 11.7. The number of benzene rings is 2. The van der Waals surface area contributed by atoms with Crippen LogP contribution in [-0.2, 0) is 14.3 Å². The first-order valence-electron chi connectivity index (χ1n) is 10.7. The molecule has 2 amide bonds. The fourth-order valence-corrected chi connectivity index (χ4v) is 3.22. The van der Waals surface area contributed by atoms with Gasteiger partial charge in [0, 0.05) is 17.7 Å². The van der Waals surface area contributed by atoms with Crippen molar-refractivity contribution in [2.45, 2.75) is 40.2 Å². The number of hydrogen-bond acceptors (Lipinski definition) is 5. The Hall–Kier alpha value is -3.19. The number of esters is 1. The Labute approximate surface area is 198 Å². The van der Waals surface area contributed by atoms with Crippen LogP contribution in [0.25, 0.3) is 0 Å². The molecule has 0 spiro atoms. The van der Waals surface area contributed by atoms with E-state index in [1.807, 2.05) is 13.8 Å². The largest absolute Gasteiger partial charge is 0.456 e. The molecule has 8 heteroatoms. The quantitative estimate of drug-likeness (QED) is 0.391. The fourth-order valence-electron chi connectivity index (χ4n) is 2.99. The number of carbonyl (C=O) groups excluding carboxylic acids is 4. The van der Waals surface area contributed by atoms with E-state index in [0.717, 1.165) is 0 Å². The Morgan fingerprint density at radius 2 is 1.58 bits per heavy atom. The molecule has 0 aromatic heterocycles. The Kier molecular flexibility index (Phi) is 9.60. The summed E-state index contributed by atoms with van der Waals surface area (Å²) in [6.45, 7) is 6.95. The van der Waals surface area contributed by atoms with Crippen molar-refractivity contribution in [2.24, 2.45) is 11.8 Å². The number of ether oxygens (including phenoxy) is 1. The van der Waals surface area contributed by atoms with Crippen LogP contribution in [0.1, 0.15) is 54.8 Å². The number of rotatable bonds is 10. The predicted octanol–water partition coefficient (Wildman–Crippen LogP) is 4.51. The molecule has 2 aromatic carbocycles. The molecule has 0 unspecified atom stereocenters. The summed E-state index contributed by atoms with van der Waals surface area (Å²) in [6.07, 6.45) is 0.403. The number of amides is 2. The van der Waals surface area contributed by atoms with E-state index < -0.39 is 30.3 Å². The van der Waals surface area contributed by atoms with Gasteiger partial charge in [-0.15, -0.1) is 0 Å². The first-order valence-corrected chi connectivity index (χ1v) is 11.1. The number of carbonyl (C=O) groups is 4. The molecule has 0 radical (unpaired) electrons. The van der Waals surface area contributed by atoms with Crippen LogP contribution in [0.4, 0.5) is 5.69 Å². The van der Waals surface area contributed by atoms with Gasteiger partial charge >= 0.3 is 5.97 Å². The lowest BCUT2D eigenvalue weighted by Gasteiger charge is -2.21. The third-order valence-electron chi connectivity index (χ3n) is 4.76. The highest BCUT2D eigenvalue weighted by Crippen LogP contribution is 2.16. The van der Waals surface area contributed by atoms with Gasteiger partial charge in [-0.1, -0.05) is 51.4 Å². The molecule has 0 fully saturated rings. The number of ketones is 1. The monoisotopic (exact) mass is 472 g/mol. The van der Waals surface area contributed by atoms with Gasteiger partial charge < -0.3 is 15.4 Å². The molecular formula is C25H29ClN2O5. The summed E-state index contributed by atoms with van der Waals surface area (Å²) in [5, 5.41) is 5.66. The van der Waals surface area contributed by atoms with Crippen molar-refractivity contribution in [1.82, 2.24) is 5.32 Å². The van der Waals surface area contributed by atoms with Gasteiger partial charge in [0.2, 0.25) is 5.91 Å². The molecule has 0 heterocycles. The minimum Gasteiger partial charge on any atom is -0.456 e. The molecule has 0 saturated carbocycles. The van der Waals surface area contributed by atoms with Gasteiger partial charge in [-0.3, -0.25) is 14.4 Å². The maximum atomic E-state index is 12.6. The maximum Gasteiger partial charge on any atom is 0.329 e. The maximum absolute atomic E-state index is 12.6. The summed E-state index contributed by atoms with van der Waals surface area (Å²) in [5.74, 6) is -1.74.